The van der Waals surface area contributed by atoms with Crippen molar-refractivity contribution >= 4 is 0 Å². The summed E-state index contributed by atoms with van der Waals surface area (Å²) in [5.41, 5.74) is 4.19. The van der Waals surface area contributed by atoms with Crippen LogP contribution in [-0.2, 0) is 0 Å². The van der Waals surface area contributed by atoms with Crippen LogP contribution in [0.25, 0.3) is 11.3 Å². The van der Waals surface area contributed by atoms with Crippen LogP contribution in [0.4, 0.5) is 0 Å². The molecule has 2 nitrogen and oxygen atoms in total. The van der Waals surface area contributed by atoms with E-state index in [0.29, 0.717) is 0 Å². The van der Waals surface area contributed by atoms with Gasteiger partial charge < -0.3 is 0 Å². The Morgan fingerprint density at radius 2 is 1.86 bits per heavy atom. The smallest absolute Gasteiger partial charge is 0.0706 e. The van der Waals surface area contributed by atoms with Crippen molar-refractivity contribution in [3.05, 3.63) is 47.9 Å². The maximum Gasteiger partial charge on any atom is 0.0706 e. The first-order chi connectivity index (χ1) is 6.75. The summed E-state index contributed by atoms with van der Waals surface area (Å²) in [5, 5.41) is 0. The number of aromatic nitrogens is 2. The van der Waals surface area contributed by atoms with Crippen LogP contribution in [0.2, 0.25) is 0 Å². The average Bonchev–Trinajstić information content (AvgIpc) is 2.18. The lowest BCUT2D eigenvalue weighted by molar-refractivity contribution is 1.17. The molecule has 0 aliphatic heterocycles. The van der Waals surface area contributed by atoms with Gasteiger partial charge in [0.05, 0.1) is 5.69 Å². The lowest BCUT2D eigenvalue weighted by Crippen LogP contribution is -1.87. The van der Waals surface area contributed by atoms with Crippen LogP contribution in [0.3, 0.4) is 0 Å². The molecule has 0 N–H and O–H groups in total. The lowest BCUT2D eigenvalue weighted by atomic mass is 10.1. The molecule has 14 heavy (non-hydrogen) atoms. The normalized spacial score (nSPS) is 10.1. The van der Waals surface area contributed by atoms with Gasteiger partial charge in [0.25, 0.3) is 0 Å². The lowest BCUT2D eigenvalue weighted by Gasteiger charge is -2.02. The van der Waals surface area contributed by atoms with E-state index in [2.05, 4.69) is 9.97 Å². The third-order valence-corrected chi connectivity index (χ3v) is 2.08. The van der Waals surface area contributed by atoms with Crippen molar-refractivity contribution in [2.45, 2.75) is 13.8 Å². The number of hydrogen-bond acceptors (Lipinski definition) is 2. The van der Waals surface area contributed by atoms with E-state index in [-0.39, 0.29) is 0 Å². The highest BCUT2D eigenvalue weighted by Gasteiger charge is 1.98. The highest BCUT2D eigenvalue weighted by atomic mass is 14.7. The minimum Gasteiger partial charge on any atom is -0.262 e. The number of aryl methyl sites for hydroxylation is 2. The molecule has 0 amide bonds. The van der Waals surface area contributed by atoms with E-state index in [9.17, 15) is 0 Å². The van der Waals surface area contributed by atoms with Crippen LogP contribution in [0.1, 0.15) is 11.4 Å². The average molecular weight is 184 g/mol. The molecule has 0 aliphatic rings. The summed E-state index contributed by atoms with van der Waals surface area (Å²) in [4.78, 5) is 8.62. The second kappa shape index (κ2) is 3.58. The molecule has 2 aromatic rings. The Hall–Kier alpha value is -1.70. The Bertz CT molecular complexity index is 406. The summed E-state index contributed by atoms with van der Waals surface area (Å²) < 4.78 is 0. The quantitative estimate of drug-likeness (QED) is 0.681. The minimum absolute atomic E-state index is 1.01. The standard InChI is InChI=1S/C12H12N2/c1-9-4-3-5-12(14-9)11-6-7-13-10(2)8-11/h3-8H,1-2H3. The zero-order chi connectivity index (χ0) is 9.97. The van der Waals surface area contributed by atoms with Gasteiger partial charge in [0.2, 0.25) is 0 Å². The molecule has 0 bridgehead atoms. The molecule has 2 heteroatoms. The van der Waals surface area contributed by atoms with Crippen molar-refractivity contribution in [3.8, 4) is 11.3 Å². The molecular formula is C12H12N2. The van der Waals surface area contributed by atoms with E-state index in [1.54, 1.807) is 0 Å². The summed E-state index contributed by atoms with van der Waals surface area (Å²) in [6.45, 7) is 3.98. The molecule has 0 atom stereocenters. The summed E-state index contributed by atoms with van der Waals surface area (Å²) in [6, 6.07) is 10.1. The number of pyridine rings is 2. The van der Waals surface area contributed by atoms with Gasteiger partial charge in [-0.1, -0.05) is 6.07 Å². The zero-order valence-corrected chi connectivity index (χ0v) is 8.36. The van der Waals surface area contributed by atoms with Crippen molar-refractivity contribution in [1.82, 2.24) is 9.97 Å². The molecule has 2 heterocycles. The van der Waals surface area contributed by atoms with Gasteiger partial charge in [-0.2, -0.15) is 0 Å². The van der Waals surface area contributed by atoms with Gasteiger partial charge in [-0.15, -0.1) is 0 Å². The van der Waals surface area contributed by atoms with E-state index in [0.717, 1.165) is 22.6 Å². The van der Waals surface area contributed by atoms with Gasteiger partial charge in [0.15, 0.2) is 0 Å². The fraction of sp³-hybridized carbons (Fsp3) is 0.167. The number of rotatable bonds is 1. The van der Waals surface area contributed by atoms with Crippen LogP contribution in [0.5, 0.6) is 0 Å². The van der Waals surface area contributed by atoms with E-state index in [1.165, 1.54) is 0 Å². The molecule has 0 aliphatic carbocycles. The van der Waals surface area contributed by atoms with E-state index >= 15 is 0 Å². The van der Waals surface area contributed by atoms with Crippen LogP contribution in [-0.4, -0.2) is 9.97 Å². The predicted molar refractivity (Wildman–Crippen MR) is 56.9 cm³/mol. The zero-order valence-electron chi connectivity index (χ0n) is 8.36. The summed E-state index contributed by atoms with van der Waals surface area (Å²) in [7, 11) is 0. The van der Waals surface area contributed by atoms with Crippen molar-refractivity contribution in [1.29, 1.82) is 0 Å². The van der Waals surface area contributed by atoms with Gasteiger partial charge >= 0.3 is 0 Å². The summed E-state index contributed by atoms with van der Waals surface area (Å²) in [5.74, 6) is 0. The van der Waals surface area contributed by atoms with Gasteiger partial charge in [-0.3, -0.25) is 9.97 Å². The maximum atomic E-state index is 4.46. The molecular weight excluding hydrogens is 172 g/mol. The molecule has 70 valence electrons. The van der Waals surface area contributed by atoms with Gasteiger partial charge in [0, 0.05) is 23.1 Å². The predicted octanol–water partition coefficient (Wildman–Crippen LogP) is 2.76. The van der Waals surface area contributed by atoms with Crippen molar-refractivity contribution in [2.75, 3.05) is 0 Å². The van der Waals surface area contributed by atoms with Gasteiger partial charge in [-0.05, 0) is 38.1 Å². The minimum atomic E-state index is 1.01. The fourth-order valence-electron chi connectivity index (χ4n) is 1.41. The Morgan fingerprint density at radius 1 is 1.00 bits per heavy atom. The Balaban J connectivity index is 2.49. The van der Waals surface area contributed by atoms with Gasteiger partial charge in [-0.25, -0.2) is 0 Å². The third kappa shape index (κ3) is 1.79. The van der Waals surface area contributed by atoms with Crippen molar-refractivity contribution in [2.24, 2.45) is 0 Å². The van der Waals surface area contributed by atoms with Crippen molar-refractivity contribution < 1.29 is 0 Å². The highest BCUT2D eigenvalue weighted by Crippen LogP contribution is 2.16. The molecule has 0 unspecified atom stereocenters. The van der Waals surface area contributed by atoms with Crippen LogP contribution < -0.4 is 0 Å². The summed E-state index contributed by atoms with van der Waals surface area (Å²) in [6.07, 6.45) is 1.81. The van der Waals surface area contributed by atoms with Gasteiger partial charge in [0.1, 0.15) is 0 Å². The molecule has 0 spiro atoms. The second-order valence-corrected chi connectivity index (χ2v) is 3.35. The Labute approximate surface area is 83.7 Å². The Kier molecular flexibility index (Phi) is 2.27. The second-order valence-electron chi connectivity index (χ2n) is 3.35. The molecule has 0 aromatic carbocycles. The fourth-order valence-corrected chi connectivity index (χ4v) is 1.41. The van der Waals surface area contributed by atoms with Crippen LogP contribution in [0.15, 0.2) is 36.5 Å². The Morgan fingerprint density at radius 3 is 2.57 bits per heavy atom. The molecule has 0 saturated heterocycles. The van der Waals surface area contributed by atoms with E-state index in [1.807, 2.05) is 50.4 Å². The first-order valence-corrected chi connectivity index (χ1v) is 4.62. The third-order valence-electron chi connectivity index (χ3n) is 2.08. The molecule has 2 aromatic heterocycles. The van der Waals surface area contributed by atoms with Crippen LogP contribution >= 0.6 is 0 Å². The first-order valence-electron chi connectivity index (χ1n) is 4.62. The number of hydrogen-bond donors (Lipinski definition) is 0. The van der Waals surface area contributed by atoms with Crippen molar-refractivity contribution in [3.63, 3.8) is 0 Å². The SMILES string of the molecule is Cc1cc(-c2cccc(C)n2)ccn1. The molecule has 0 saturated carbocycles. The topological polar surface area (TPSA) is 25.8 Å². The largest absolute Gasteiger partial charge is 0.262 e. The highest BCUT2D eigenvalue weighted by molar-refractivity contribution is 5.58. The molecule has 0 fully saturated rings. The van der Waals surface area contributed by atoms with Crippen LogP contribution in [0, 0.1) is 13.8 Å². The number of nitrogens with zero attached hydrogens (tertiary/aromatic N) is 2. The summed E-state index contributed by atoms with van der Waals surface area (Å²) >= 11 is 0. The monoisotopic (exact) mass is 184 g/mol. The maximum absolute atomic E-state index is 4.46. The van der Waals surface area contributed by atoms with E-state index < -0.39 is 0 Å². The molecule has 0 radical (unpaired) electrons. The van der Waals surface area contributed by atoms with E-state index in [4.69, 9.17) is 0 Å². The first kappa shape index (κ1) is 8.88. The molecule has 2 rings (SSSR count).